The highest BCUT2D eigenvalue weighted by Crippen LogP contribution is 2.26. The van der Waals surface area contributed by atoms with Crippen LogP contribution in [0.3, 0.4) is 0 Å². The Hall–Kier alpha value is -0.910. The zero-order chi connectivity index (χ0) is 15.2. The van der Waals surface area contributed by atoms with Crippen molar-refractivity contribution in [3.05, 3.63) is 33.8 Å². The molecule has 1 aromatic rings. The van der Waals surface area contributed by atoms with Gasteiger partial charge in [-0.3, -0.25) is 4.90 Å². The lowest BCUT2D eigenvalue weighted by Gasteiger charge is -2.34. The summed E-state index contributed by atoms with van der Waals surface area (Å²) < 4.78 is 0.821. The average Bonchev–Trinajstić information content (AvgIpc) is 2.49. The van der Waals surface area contributed by atoms with E-state index in [-0.39, 0.29) is 12.2 Å². The summed E-state index contributed by atoms with van der Waals surface area (Å²) in [6.45, 7) is 1.56. The highest BCUT2D eigenvalue weighted by atomic mass is 79.9. The molecule has 2 rings (SSSR count). The highest BCUT2D eigenvalue weighted by molar-refractivity contribution is 9.10. The molecular formula is C16H22BrNO3. The Balaban J connectivity index is 2.10. The van der Waals surface area contributed by atoms with E-state index in [4.69, 9.17) is 5.11 Å². The lowest BCUT2D eigenvalue weighted by molar-refractivity contribution is 0.0696. The minimum atomic E-state index is -0.915. The van der Waals surface area contributed by atoms with Gasteiger partial charge in [-0.1, -0.05) is 41.3 Å². The molecule has 0 atom stereocenters. The highest BCUT2D eigenvalue weighted by Gasteiger charge is 2.21. The number of aliphatic hydroxyl groups is 1. The maximum Gasteiger partial charge on any atom is 0.335 e. The van der Waals surface area contributed by atoms with Crippen molar-refractivity contribution in [3.8, 4) is 0 Å². The summed E-state index contributed by atoms with van der Waals surface area (Å²) >= 11 is 3.47. The first-order chi connectivity index (χ1) is 10.1. The molecule has 1 fully saturated rings. The summed E-state index contributed by atoms with van der Waals surface area (Å²) in [7, 11) is 0. The van der Waals surface area contributed by atoms with E-state index in [2.05, 4.69) is 20.8 Å². The average molecular weight is 356 g/mol. The zero-order valence-electron chi connectivity index (χ0n) is 12.1. The molecule has 1 aliphatic rings. The van der Waals surface area contributed by atoms with Crippen molar-refractivity contribution >= 4 is 21.9 Å². The second-order valence-electron chi connectivity index (χ2n) is 5.60. The molecule has 0 aliphatic heterocycles. The van der Waals surface area contributed by atoms with Crippen LogP contribution in [0.2, 0.25) is 0 Å². The van der Waals surface area contributed by atoms with Crippen LogP contribution < -0.4 is 0 Å². The summed E-state index contributed by atoms with van der Waals surface area (Å²) in [4.78, 5) is 13.3. The monoisotopic (exact) mass is 355 g/mol. The third-order valence-electron chi connectivity index (χ3n) is 4.15. The zero-order valence-corrected chi connectivity index (χ0v) is 13.7. The summed E-state index contributed by atoms with van der Waals surface area (Å²) in [5.74, 6) is -0.915. The normalized spacial score (nSPS) is 16.3. The largest absolute Gasteiger partial charge is 0.478 e. The van der Waals surface area contributed by atoms with Gasteiger partial charge in [0.25, 0.3) is 0 Å². The third-order valence-corrected chi connectivity index (χ3v) is 4.89. The number of hydrogen-bond acceptors (Lipinski definition) is 3. The van der Waals surface area contributed by atoms with Crippen molar-refractivity contribution in [3.63, 3.8) is 0 Å². The van der Waals surface area contributed by atoms with Crippen LogP contribution in [0, 0.1) is 0 Å². The van der Waals surface area contributed by atoms with Crippen LogP contribution >= 0.6 is 15.9 Å². The Labute approximate surface area is 133 Å². The smallest absolute Gasteiger partial charge is 0.335 e. The molecule has 0 spiro atoms. The first kappa shape index (κ1) is 16.5. The molecule has 116 valence electrons. The first-order valence-corrected chi connectivity index (χ1v) is 8.27. The fourth-order valence-electron chi connectivity index (χ4n) is 2.99. The maximum atomic E-state index is 11.0. The number of nitrogens with zero attached hydrogens (tertiary/aromatic N) is 1. The number of carbonyl (C=O) groups is 1. The second-order valence-corrected chi connectivity index (χ2v) is 6.45. The molecule has 4 nitrogen and oxygen atoms in total. The number of carboxylic acid groups (broad SMARTS) is 1. The van der Waals surface area contributed by atoms with Gasteiger partial charge < -0.3 is 10.2 Å². The van der Waals surface area contributed by atoms with Crippen LogP contribution in [0.25, 0.3) is 0 Å². The van der Waals surface area contributed by atoms with Crippen LogP contribution in [0.5, 0.6) is 0 Å². The van der Waals surface area contributed by atoms with Gasteiger partial charge in [0.1, 0.15) is 0 Å². The minimum Gasteiger partial charge on any atom is -0.478 e. The van der Waals surface area contributed by atoms with E-state index in [9.17, 15) is 9.90 Å². The van der Waals surface area contributed by atoms with Crippen molar-refractivity contribution in [1.82, 2.24) is 4.90 Å². The fraction of sp³-hybridized carbons (Fsp3) is 0.562. The van der Waals surface area contributed by atoms with Gasteiger partial charge in [0, 0.05) is 23.6 Å². The summed E-state index contributed by atoms with van der Waals surface area (Å²) in [5.41, 5.74) is 1.36. The van der Waals surface area contributed by atoms with E-state index >= 15 is 0 Å². The van der Waals surface area contributed by atoms with Crippen molar-refractivity contribution in [2.24, 2.45) is 0 Å². The van der Waals surface area contributed by atoms with E-state index in [1.807, 2.05) is 6.07 Å². The number of hydrogen-bond donors (Lipinski definition) is 2. The van der Waals surface area contributed by atoms with Crippen molar-refractivity contribution in [1.29, 1.82) is 0 Å². The molecule has 1 saturated carbocycles. The standard InChI is InChI=1S/C16H22BrNO3/c17-15-10-12(16(20)21)6-7-13(15)11-18(8-9-19)14-4-2-1-3-5-14/h6-7,10,14,19H,1-5,8-9,11H2,(H,20,21). The Morgan fingerprint density at radius 2 is 2.00 bits per heavy atom. The van der Waals surface area contributed by atoms with Gasteiger partial charge in [0.15, 0.2) is 0 Å². The predicted octanol–water partition coefficient (Wildman–Crippen LogP) is 3.27. The molecule has 0 aromatic heterocycles. The van der Waals surface area contributed by atoms with E-state index in [0.29, 0.717) is 12.6 Å². The second kappa shape index (κ2) is 7.92. The molecule has 0 saturated heterocycles. The molecular weight excluding hydrogens is 334 g/mol. The van der Waals surface area contributed by atoms with Crippen LogP contribution in [-0.2, 0) is 6.54 Å². The Kier molecular flexibility index (Phi) is 6.21. The number of carboxylic acids is 1. The molecule has 0 radical (unpaired) electrons. The Bertz CT molecular complexity index is 486. The maximum absolute atomic E-state index is 11.0. The van der Waals surface area contributed by atoms with Crippen molar-refractivity contribution in [2.75, 3.05) is 13.2 Å². The van der Waals surface area contributed by atoms with Gasteiger partial charge in [-0.2, -0.15) is 0 Å². The van der Waals surface area contributed by atoms with Gasteiger partial charge in [-0.15, -0.1) is 0 Å². The topological polar surface area (TPSA) is 60.8 Å². The SMILES string of the molecule is O=C(O)c1ccc(CN(CCO)C2CCCCC2)c(Br)c1. The Morgan fingerprint density at radius 1 is 1.29 bits per heavy atom. The molecule has 1 aromatic carbocycles. The molecule has 5 heteroatoms. The molecule has 0 bridgehead atoms. The van der Waals surface area contributed by atoms with Crippen LogP contribution in [-0.4, -0.2) is 40.3 Å². The van der Waals surface area contributed by atoms with Crippen LogP contribution in [0.1, 0.15) is 48.0 Å². The summed E-state index contributed by atoms with van der Waals surface area (Å²) in [5, 5.41) is 18.3. The fourth-order valence-corrected chi connectivity index (χ4v) is 3.50. The molecule has 0 heterocycles. The number of aromatic carboxylic acids is 1. The number of rotatable bonds is 6. The van der Waals surface area contributed by atoms with Crippen molar-refractivity contribution < 1.29 is 15.0 Å². The number of aliphatic hydroxyl groups excluding tert-OH is 1. The van der Waals surface area contributed by atoms with E-state index in [1.54, 1.807) is 12.1 Å². The number of benzene rings is 1. The van der Waals surface area contributed by atoms with Gasteiger partial charge in [0.05, 0.1) is 12.2 Å². The lowest BCUT2D eigenvalue weighted by Crippen LogP contribution is -2.38. The van der Waals surface area contributed by atoms with E-state index < -0.39 is 5.97 Å². The molecule has 0 unspecified atom stereocenters. The quantitative estimate of drug-likeness (QED) is 0.821. The van der Waals surface area contributed by atoms with Gasteiger partial charge in [-0.25, -0.2) is 4.79 Å². The van der Waals surface area contributed by atoms with Crippen molar-refractivity contribution in [2.45, 2.75) is 44.7 Å². The van der Waals surface area contributed by atoms with Gasteiger partial charge in [0.2, 0.25) is 0 Å². The predicted molar refractivity (Wildman–Crippen MR) is 85.5 cm³/mol. The lowest BCUT2D eigenvalue weighted by atomic mass is 9.94. The summed E-state index contributed by atoms with van der Waals surface area (Å²) in [6.07, 6.45) is 6.19. The van der Waals surface area contributed by atoms with E-state index in [1.165, 1.54) is 32.1 Å². The van der Waals surface area contributed by atoms with E-state index in [0.717, 1.165) is 16.6 Å². The molecule has 21 heavy (non-hydrogen) atoms. The molecule has 1 aliphatic carbocycles. The van der Waals surface area contributed by atoms with Gasteiger partial charge >= 0.3 is 5.97 Å². The third kappa shape index (κ3) is 4.53. The van der Waals surface area contributed by atoms with Crippen LogP contribution in [0.4, 0.5) is 0 Å². The first-order valence-electron chi connectivity index (χ1n) is 7.48. The Morgan fingerprint density at radius 3 is 2.57 bits per heavy atom. The van der Waals surface area contributed by atoms with Crippen LogP contribution in [0.15, 0.2) is 22.7 Å². The molecule has 2 N–H and O–H groups in total. The van der Waals surface area contributed by atoms with Gasteiger partial charge in [-0.05, 0) is 30.5 Å². The minimum absolute atomic E-state index is 0.154. The number of halogens is 1. The molecule has 0 amide bonds. The summed E-state index contributed by atoms with van der Waals surface area (Å²) in [6, 6.07) is 5.67.